The number of ether oxygens (including phenoxy) is 1. The smallest absolute Gasteiger partial charge is 0.209 e. The Morgan fingerprint density at radius 2 is 2.30 bits per heavy atom. The summed E-state index contributed by atoms with van der Waals surface area (Å²) >= 11 is 0. The summed E-state index contributed by atoms with van der Waals surface area (Å²) in [7, 11) is 2.05. The lowest BCUT2D eigenvalue weighted by atomic mass is 10.3. The fourth-order valence-corrected chi connectivity index (χ4v) is 2.12. The van der Waals surface area contributed by atoms with Gasteiger partial charge in [0.1, 0.15) is 5.52 Å². The lowest BCUT2D eigenvalue weighted by molar-refractivity contribution is 0.0997. The fourth-order valence-electron chi connectivity index (χ4n) is 2.12. The zero-order valence-corrected chi connectivity index (χ0v) is 11.8. The molecule has 0 saturated heterocycles. The third kappa shape index (κ3) is 3.49. The Labute approximate surface area is 118 Å². The molecule has 2 N–H and O–H groups in total. The zero-order valence-electron chi connectivity index (χ0n) is 11.8. The van der Waals surface area contributed by atoms with Crippen LogP contribution in [0.5, 0.6) is 0 Å². The van der Waals surface area contributed by atoms with Gasteiger partial charge in [-0.2, -0.15) is 0 Å². The van der Waals surface area contributed by atoms with Gasteiger partial charge in [0.05, 0.1) is 13.2 Å². The number of anilines is 1. The third-order valence-corrected chi connectivity index (χ3v) is 3.53. The topological polar surface area (TPSA) is 64.5 Å². The minimum atomic E-state index is 0.682. The number of nitrogens with zero attached hydrogens (tertiary/aromatic N) is 2. The van der Waals surface area contributed by atoms with Crippen molar-refractivity contribution in [2.75, 3.05) is 32.5 Å². The second-order valence-electron chi connectivity index (χ2n) is 5.59. The summed E-state index contributed by atoms with van der Waals surface area (Å²) in [6.45, 7) is 3.24. The van der Waals surface area contributed by atoms with E-state index in [0.29, 0.717) is 12.2 Å². The second-order valence-corrected chi connectivity index (χ2v) is 5.59. The maximum atomic E-state index is 5.74. The molecule has 0 atom stereocenters. The third-order valence-electron chi connectivity index (χ3n) is 3.53. The number of hydrogen-bond acceptors (Lipinski definition) is 5. The molecule has 0 spiro atoms. The number of oxazole rings is 1. The molecule has 5 nitrogen and oxygen atoms in total. The molecule has 5 heteroatoms. The van der Waals surface area contributed by atoms with Crippen LogP contribution >= 0.6 is 0 Å². The quantitative estimate of drug-likeness (QED) is 0.620. The minimum absolute atomic E-state index is 0.682. The normalized spacial score (nSPS) is 15.3. The van der Waals surface area contributed by atoms with Crippen LogP contribution in [0.3, 0.4) is 0 Å². The van der Waals surface area contributed by atoms with Crippen LogP contribution in [-0.4, -0.2) is 36.7 Å². The van der Waals surface area contributed by atoms with Crippen molar-refractivity contribution in [1.29, 1.82) is 0 Å². The van der Waals surface area contributed by atoms with E-state index >= 15 is 0 Å². The van der Waals surface area contributed by atoms with E-state index in [4.69, 9.17) is 14.9 Å². The van der Waals surface area contributed by atoms with E-state index in [1.54, 1.807) is 0 Å². The summed E-state index contributed by atoms with van der Waals surface area (Å²) in [4.78, 5) is 6.60. The SMILES string of the molecule is CN(CCOCC1CC1)Cc1nc2cc(N)ccc2o1. The lowest BCUT2D eigenvalue weighted by Gasteiger charge is -2.14. The predicted octanol–water partition coefficient (Wildman–Crippen LogP) is 2.27. The van der Waals surface area contributed by atoms with Crippen molar-refractivity contribution in [2.45, 2.75) is 19.4 Å². The van der Waals surface area contributed by atoms with Gasteiger partial charge >= 0.3 is 0 Å². The van der Waals surface area contributed by atoms with Crippen molar-refractivity contribution >= 4 is 16.8 Å². The summed E-state index contributed by atoms with van der Waals surface area (Å²) in [5.74, 6) is 1.54. The first-order chi connectivity index (χ1) is 9.70. The highest BCUT2D eigenvalue weighted by molar-refractivity contribution is 5.76. The van der Waals surface area contributed by atoms with Crippen molar-refractivity contribution in [1.82, 2.24) is 9.88 Å². The number of rotatable bonds is 7. The van der Waals surface area contributed by atoms with E-state index in [2.05, 4.69) is 9.88 Å². The minimum Gasteiger partial charge on any atom is -0.439 e. The highest BCUT2D eigenvalue weighted by Gasteiger charge is 2.21. The van der Waals surface area contributed by atoms with Crippen LogP contribution in [0.4, 0.5) is 5.69 Å². The molecule has 1 aliphatic carbocycles. The van der Waals surface area contributed by atoms with Gasteiger partial charge in [-0.05, 0) is 44.0 Å². The summed E-state index contributed by atoms with van der Waals surface area (Å²) in [6.07, 6.45) is 2.67. The zero-order chi connectivity index (χ0) is 13.9. The lowest BCUT2D eigenvalue weighted by Crippen LogP contribution is -2.23. The van der Waals surface area contributed by atoms with Gasteiger partial charge in [0.15, 0.2) is 5.58 Å². The molecular formula is C15H21N3O2. The number of aromatic nitrogens is 1. The maximum Gasteiger partial charge on any atom is 0.209 e. The molecule has 20 heavy (non-hydrogen) atoms. The molecule has 1 aliphatic rings. The molecule has 0 unspecified atom stereocenters. The Hall–Kier alpha value is -1.59. The molecule has 2 aromatic rings. The van der Waals surface area contributed by atoms with Gasteiger partial charge in [0.2, 0.25) is 5.89 Å². The predicted molar refractivity (Wildman–Crippen MR) is 78.3 cm³/mol. The molecule has 1 aromatic heterocycles. The van der Waals surface area contributed by atoms with Crippen molar-refractivity contribution < 1.29 is 9.15 Å². The average Bonchev–Trinajstić information content (AvgIpc) is 3.15. The standard InChI is InChI=1S/C15H21N3O2/c1-18(6-7-19-10-11-2-3-11)9-15-17-13-8-12(16)4-5-14(13)20-15/h4-5,8,11H,2-3,6-7,9-10,16H2,1H3. The molecule has 0 radical (unpaired) electrons. The summed E-state index contributed by atoms with van der Waals surface area (Å²) in [5, 5.41) is 0. The maximum absolute atomic E-state index is 5.74. The van der Waals surface area contributed by atoms with Crippen molar-refractivity contribution in [3.8, 4) is 0 Å². The van der Waals surface area contributed by atoms with Gasteiger partial charge in [0.25, 0.3) is 0 Å². The van der Waals surface area contributed by atoms with Crippen LogP contribution < -0.4 is 5.73 Å². The van der Waals surface area contributed by atoms with Gasteiger partial charge in [-0.1, -0.05) is 0 Å². The first-order valence-electron chi connectivity index (χ1n) is 7.12. The van der Waals surface area contributed by atoms with Gasteiger partial charge in [-0.15, -0.1) is 0 Å². The first kappa shape index (κ1) is 13.4. The molecule has 3 rings (SSSR count). The summed E-state index contributed by atoms with van der Waals surface area (Å²) in [5.41, 5.74) is 8.05. The van der Waals surface area contributed by atoms with E-state index in [1.165, 1.54) is 12.8 Å². The number of hydrogen-bond donors (Lipinski definition) is 1. The Kier molecular flexibility index (Phi) is 3.89. The van der Waals surface area contributed by atoms with E-state index in [1.807, 2.05) is 25.2 Å². The Morgan fingerprint density at radius 3 is 3.10 bits per heavy atom. The van der Waals surface area contributed by atoms with Crippen LogP contribution in [-0.2, 0) is 11.3 Å². The van der Waals surface area contributed by atoms with Crippen LogP contribution in [0, 0.1) is 5.92 Å². The van der Waals surface area contributed by atoms with E-state index < -0.39 is 0 Å². The first-order valence-corrected chi connectivity index (χ1v) is 7.12. The van der Waals surface area contributed by atoms with Crippen molar-refractivity contribution in [2.24, 2.45) is 5.92 Å². The van der Waals surface area contributed by atoms with E-state index in [9.17, 15) is 0 Å². The van der Waals surface area contributed by atoms with Crippen LogP contribution in [0.2, 0.25) is 0 Å². The largest absolute Gasteiger partial charge is 0.439 e. The molecule has 1 heterocycles. The molecule has 1 aromatic carbocycles. The Balaban J connectivity index is 1.49. The number of benzene rings is 1. The molecular weight excluding hydrogens is 254 g/mol. The van der Waals surface area contributed by atoms with Gasteiger partial charge < -0.3 is 14.9 Å². The van der Waals surface area contributed by atoms with Crippen molar-refractivity contribution in [3.05, 3.63) is 24.1 Å². The van der Waals surface area contributed by atoms with Gasteiger partial charge in [0, 0.05) is 18.8 Å². The number of likely N-dealkylation sites (N-methyl/N-ethyl adjacent to an activating group) is 1. The molecule has 0 aliphatic heterocycles. The van der Waals surface area contributed by atoms with Crippen LogP contribution in [0.1, 0.15) is 18.7 Å². The monoisotopic (exact) mass is 275 g/mol. The molecule has 1 saturated carbocycles. The van der Waals surface area contributed by atoms with E-state index in [-0.39, 0.29) is 0 Å². The van der Waals surface area contributed by atoms with Gasteiger partial charge in [-0.25, -0.2) is 4.98 Å². The Bertz CT molecular complexity index is 578. The highest BCUT2D eigenvalue weighted by atomic mass is 16.5. The van der Waals surface area contributed by atoms with Crippen LogP contribution in [0.15, 0.2) is 22.6 Å². The molecule has 0 amide bonds. The molecule has 0 bridgehead atoms. The number of nitrogen functional groups attached to an aromatic ring is 1. The van der Waals surface area contributed by atoms with Gasteiger partial charge in [-0.3, -0.25) is 4.90 Å². The molecule has 1 fully saturated rings. The van der Waals surface area contributed by atoms with Crippen LogP contribution in [0.25, 0.3) is 11.1 Å². The number of nitrogens with two attached hydrogens (primary N) is 1. The Morgan fingerprint density at radius 1 is 1.45 bits per heavy atom. The average molecular weight is 275 g/mol. The molecule has 108 valence electrons. The summed E-state index contributed by atoms with van der Waals surface area (Å²) in [6, 6.07) is 5.52. The highest BCUT2D eigenvalue weighted by Crippen LogP contribution is 2.28. The summed E-state index contributed by atoms with van der Waals surface area (Å²) < 4.78 is 11.3. The fraction of sp³-hybridized carbons (Fsp3) is 0.533. The number of fused-ring (bicyclic) bond motifs is 1. The van der Waals surface area contributed by atoms with E-state index in [0.717, 1.165) is 42.7 Å². The van der Waals surface area contributed by atoms with Crippen molar-refractivity contribution in [3.63, 3.8) is 0 Å². The second kappa shape index (κ2) is 5.81.